The number of nitrogens with one attached hydrogen (secondary N) is 2. The number of fused-ring (bicyclic) bond motifs is 1. The van der Waals surface area contributed by atoms with E-state index in [1.165, 1.54) is 24.0 Å². The van der Waals surface area contributed by atoms with Crippen LogP contribution in [-0.4, -0.2) is 23.1 Å². The van der Waals surface area contributed by atoms with Gasteiger partial charge in [-0.3, -0.25) is 4.79 Å². The third-order valence-corrected chi connectivity index (χ3v) is 5.48. The third kappa shape index (κ3) is 3.62. The fourth-order valence-electron chi connectivity index (χ4n) is 2.80. The largest absolute Gasteiger partial charge is 0.460 e. The molecule has 0 aliphatic heterocycles. The van der Waals surface area contributed by atoms with E-state index in [9.17, 15) is 4.79 Å². The van der Waals surface area contributed by atoms with Gasteiger partial charge in [-0.25, -0.2) is 10.4 Å². The minimum atomic E-state index is -0.452. The summed E-state index contributed by atoms with van der Waals surface area (Å²) in [6, 6.07) is 11.3. The molecule has 6 nitrogen and oxygen atoms in total. The summed E-state index contributed by atoms with van der Waals surface area (Å²) in [6.07, 6.45) is 2.70. The Labute approximate surface area is 155 Å². The molecular weight excluding hydrogens is 348 g/mol. The number of nitrogens with zero attached hydrogens (tertiary/aromatic N) is 2. The molecular formula is C19H20N4O2S. The van der Waals surface area contributed by atoms with Crippen LogP contribution in [-0.2, 0) is 4.79 Å². The Balaban J connectivity index is 1.31. The normalized spacial score (nSPS) is 20.4. The zero-order valence-electron chi connectivity index (χ0n) is 14.6. The van der Waals surface area contributed by atoms with Gasteiger partial charge in [0.05, 0.1) is 16.4 Å². The average molecular weight is 368 g/mol. The van der Waals surface area contributed by atoms with E-state index in [0.29, 0.717) is 22.7 Å². The predicted octanol–water partition coefficient (Wildman–Crippen LogP) is 3.96. The summed E-state index contributed by atoms with van der Waals surface area (Å²) in [4.78, 5) is 16.6. The van der Waals surface area contributed by atoms with Crippen molar-refractivity contribution in [2.24, 2.45) is 11.0 Å². The maximum Gasteiger partial charge on any atom is 0.262 e. The molecule has 0 bridgehead atoms. The zero-order chi connectivity index (χ0) is 18.1. The Hall–Kier alpha value is -2.67. The number of aromatic nitrogens is 1. The highest BCUT2D eigenvalue weighted by Crippen LogP contribution is 2.47. The first-order valence-electron chi connectivity index (χ1n) is 8.65. The number of carbonyl (C=O) groups excluding carboxylic acids is 1. The molecule has 7 heteroatoms. The first kappa shape index (κ1) is 16.8. The van der Waals surface area contributed by atoms with Crippen LogP contribution in [0.25, 0.3) is 10.2 Å². The molecule has 0 radical (unpaired) electrons. The Morgan fingerprint density at radius 3 is 2.96 bits per heavy atom. The zero-order valence-corrected chi connectivity index (χ0v) is 15.4. The van der Waals surface area contributed by atoms with Crippen LogP contribution in [0.1, 0.15) is 37.7 Å². The summed E-state index contributed by atoms with van der Waals surface area (Å²) in [7, 11) is 0. The molecule has 1 fully saturated rings. The van der Waals surface area contributed by atoms with Crippen molar-refractivity contribution >= 4 is 38.8 Å². The van der Waals surface area contributed by atoms with Crippen LogP contribution in [0.5, 0.6) is 0 Å². The van der Waals surface area contributed by atoms with Gasteiger partial charge in [-0.15, -0.1) is 0 Å². The summed E-state index contributed by atoms with van der Waals surface area (Å²) in [5.41, 5.74) is 3.45. The van der Waals surface area contributed by atoms with Crippen LogP contribution in [0, 0.1) is 5.92 Å². The number of hydrogen-bond acceptors (Lipinski definition) is 6. The Kier molecular flexibility index (Phi) is 4.46. The monoisotopic (exact) mass is 368 g/mol. The maximum atomic E-state index is 12.2. The number of hydrazone groups is 1. The van der Waals surface area contributed by atoms with Gasteiger partial charge in [-0.05, 0) is 43.5 Å². The molecule has 1 aliphatic rings. The molecule has 1 saturated carbocycles. The quantitative estimate of drug-likeness (QED) is 0.510. The average Bonchev–Trinajstić information content (AvgIpc) is 3.03. The van der Waals surface area contributed by atoms with Crippen LogP contribution >= 0.6 is 11.3 Å². The van der Waals surface area contributed by atoms with Crippen molar-refractivity contribution in [3.63, 3.8) is 0 Å². The number of rotatable bonds is 6. The van der Waals surface area contributed by atoms with Gasteiger partial charge in [-0.1, -0.05) is 30.4 Å². The molecule has 2 aromatic heterocycles. The molecule has 1 amide bonds. The number of furan rings is 1. The van der Waals surface area contributed by atoms with Crippen LogP contribution in [0.3, 0.4) is 0 Å². The third-order valence-electron chi connectivity index (χ3n) is 4.52. The number of para-hydroxylation sites is 1. The fraction of sp³-hybridized carbons (Fsp3) is 0.316. The van der Waals surface area contributed by atoms with Crippen LogP contribution < -0.4 is 10.7 Å². The van der Waals surface area contributed by atoms with Gasteiger partial charge in [0.2, 0.25) is 0 Å². The lowest BCUT2D eigenvalue weighted by atomic mass is 10.3. The van der Waals surface area contributed by atoms with Crippen molar-refractivity contribution in [3.8, 4) is 0 Å². The van der Waals surface area contributed by atoms with Crippen LogP contribution in [0.4, 0.5) is 5.13 Å². The second kappa shape index (κ2) is 6.92. The molecule has 134 valence electrons. The van der Waals surface area contributed by atoms with Gasteiger partial charge in [0, 0.05) is 5.92 Å². The van der Waals surface area contributed by atoms with Crippen molar-refractivity contribution in [3.05, 3.63) is 47.9 Å². The summed E-state index contributed by atoms with van der Waals surface area (Å²) in [6.45, 7) is 3.98. The highest BCUT2D eigenvalue weighted by molar-refractivity contribution is 7.22. The van der Waals surface area contributed by atoms with Gasteiger partial charge in [0.1, 0.15) is 17.6 Å². The second-order valence-corrected chi connectivity index (χ2v) is 7.68. The number of amides is 1. The first-order valence-corrected chi connectivity index (χ1v) is 9.46. The highest BCUT2D eigenvalue weighted by atomic mass is 32.1. The van der Waals surface area contributed by atoms with Crippen molar-refractivity contribution < 1.29 is 9.21 Å². The van der Waals surface area contributed by atoms with E-state index in [1.54, 1.807) is 6.92 Å². The molecule has 1 aliphatic carbocycles. The predicted molar refractivity (Wildman–Crippen MR) is 104 cm³/mol. The molecule has 0 saturated heterocycles. The van der Waals surface area contributed by atoms with E-state index in [1.807, 2.05) is 36.4 Å². The number of anilines is 1. The smallest absolute Gasteiger partial charge is 0.262 e. The summed E-state index contributed by atoms with van der Waals surface area (Å²) >= 11 is 1.52. The van der Waals surface area contributed by atoms with Gasteiger partial charge in [0.25, 0.3) is 5.91 Å². The molecule has 2 heterocycles. The summed E-state index contributed by atoms with van der Waals surface area (Å²) in [5, 5.41) is 7.81. The van der Waals surface area contributed by atoms with E-state index >= 15 is 0 Å². The van der Waals surface area contributed by atoms with E-state index in [-0.39, 0.29) is 5.91 Å². The number of hydrogen-bond donors (Lipinski definition) is 2. The van der Waals surface area contributed by atoms with Gasteiger partial charge in [0.15, 0.2) is 5.13 Å². The lowest BCUT2D eigenvalue weighted by molar-refractivity contribution is -0.121. The molecule has 1 aromatic carbocycles. The number of benzene rings is 1. The number of carbonyl (C=O) groups is 1. The molecule has 0 unspecified atom stereocenters. The topological polar surface area (TPSA) is 79.5 Å². The molecule has 0 spiro atoms. The molecule has 2 N–H and O–H groups in total. The maximum absolute atomic E-state index is 12.2. The van der Waals surface area contributed by atoms with Crippen molar-refractivity contribution in [2.75, 3.05) is 5.32 Å². The summed E-state index contributed by atoms with van der Waals surface area (Å²) < 4.78 is 6.81. The number of thiazole rings is 1. The molecule has 3 aromatic rings. The lowest BCUT2D eigenvalue weighted by Crippen LogP contribution is -2.34. The molecule has 3 atom stereocenters. The fourth-order valence-corrected chi connectivity index (χ4v) is 3.75. The standard InChI is InChI=1S/C19H20N4O2S/c1-11-9-14(11)16-8-7-13(25-16)10-20-23-18(24)12(2)21-19-22-15-5-3-4-6-17(15)26-19/h3-8,10-12,14H,9H2,1-2H3,(H,21,22)(H,23,24)/b20-10-/t11-,12-,14-/m1/s1. The van der Waals surface area contributed by atoms with E-state index in [4.69, 9.17) is 4.42 Å². The Morgan fingerprint density at radius 1 is 1.38 bits per heavy atom. The second-order valence-electron chi connectivity index (χ2n) is 6.65. The Bertz CT molecular complexity index is 928. The first-order chi connectivity index (χ1) is 12.6. The van der Waals surface area contributed by atoms with Gasteiger partial charge in [-0.2, -0.15) is 5.10 Å². The highest BCUT2D eigenvalue weighted by Gasteiger charge is 2.36. The minimum absolute atomic E-state index is 0.233. The minimum Gasteiger partial charge on any atom is -0.460 e. The lowest BCUT2D eigenvalue weighted by Gasteiger charge is -2.10. The van der Waals surface area contributed by atoms with E-state index in [0.717, 1.165) is 16.0 Å². The van der Waals surface area contributed by atoms with E-state index < -0.39 is 6.04 Å². The molecule has 4 rings (SSSR count). The van der Waals surface area contributed by atoms with Gasteiger partial charge >= 0.3 is 0 Å². The van der Waals surface area contributed by atoms with Crippen LogP contribution in [0.2, 0.25) is 0 Å². The SMILES string of the molecule is C[C@@H]1C[C@H]1c1ccc(/C=N\NC(=O)[C@@H](C)Nc2nc3ccccc3s2)o1. The van der Waals surface area contributed by atoms with Crippen molar-refractivity contribution in [1.82, 2.24) is 10.4 Å². The van der Waals surface area contributed by atoms with E-state index in [2.05, 4.69) is 27.8 Å². The Morgan fingerprint density at radius 2 is 2.19 bits per heavy atom. The van der Waals surface area contributed by atoms with Gasteiger partial charge < -0.3 is 9.73 Å². The van der Waals surface area contributed by atoms with Crippen molar-refractivity contribution in [2.45, 2.75) is 32.2 Å². The summed E-state index contributed by atoms with van der Waals surface area (Å²) in [5.74, 6) is 2.63. The van der Waals surface area contributed by atoms with Crippen LogP contribution in [0.15, 0.2) is 45.9 Å². The van der Waals surface area contributed by atoms with Crippen molar-refractivity contribution in [1.29, 1.82) is 0 Å². The molecule has 26 heavy (non-hydrogen) atoms.